The van der Waals surface area contributed by atoms with Crippen LogP contribution in [0.4, 0.5) is 5.82 Å². The monoisotopic (exact) mass is 312 g/mol. The Morgan fingerprint density at radius 1 is 1.14 bits per heavy atom. The fraction of sp³-hybridized carbons (Fsp3) is 0.294. The van der Waals surface area contributed by atoms with E-state index in [1.165, 1.54) is 16.7 Å². The highest BCUT2D eigenvalue weighted by Gasteiger charge is 2.14. The van der Waals surface area contributed by atoms with E-state index in [1.807, 2.05) is 6.92 Å². The van der Waals surface area contributed by atoms with E-state index >= 15 is 0 Å². The summed E-state index contributed by atoms with van der Waals surface area (Å²) in [7, 11) is 0. The van der Waals surface area contributed by atoms with Gasteiger partial charge in [-0.05, 0) is 32.4 Å². The van der Waals surface area contributed by atoms with E-state index in [0.717, 1.165) is 34.8 Å². The van der Waals surface area contributed by atoms with E-state index in [9.17, 15) is 0 Å². The molecule has 4 nitrogen and oxygen atoms in total. The van der Waals surface area contributed by atoms with Gasteiger partial charge in [0.1, 0.15) is 16.5 Å². The van der Waals surface area contributed by atoms with Crippen molar-refractivity contribution in [1.29, 1.82) is 0 Å². The van der Waals surface area contributed by atoms with E-state index in [1.54, 1.807) is 11.3 Å². The van der Waals surface area contributed by atoms with Gasteiger partial charge in [0.05, 0.1) is 5.39 Å². The summed E-state index contributed by atoms with van der Waals surface area (Å²) in [4.78, 5) is 10.2. The van der Waals surface area contributed by atoms with Crippen molar-refractivity contribution < 1.29 is 0 Å². The quantitative estimate of drug-likeness (QED) is 0.705. The summed E-state index contributed by atoms with van der Waals surface area (Å²) in [6.45, 7) is 5.53. The Morgan fingerprint density at radius 2 is 1.91 bits per heavy atom. The van der Waals surface area contributed by atoms with E-state index < -0.39 is 0 Å². The van der Waals surface area contributed by atoms with Gasteiger partial charge in [-0.3, -0.25) is 0 Å². The number of nitrogens with zero attached hydrogens (tertiary/aromatic N) is 2. The Hall–Kier alpha value is -1.98. The third kappa shape index (κ3) is 2.96. The Balaban J connectivity index is 2.09. The first-order valence-corrected chi connectivity index (χ1v) is 8.34. The molecule has 0 saturated carbocycles. The molecule has 0 radical (unpaired) electrons. The molecule has 0 aliphatic rings. The second-order valence-corrected chi connectivity index (χ2v) is 6.24. The molecule has 1 aromatic carbocycles. The average molecular weight is 312 g/mol. The molecule has 3 N–H and O–H groups in total. The lowest BCUT2D eigenvalue weighted by molar-refractivity contribution is 0.869. The van der Waals surface area contributed by atoms with Crippen molar-refractivity contribution in [2.45, 2.75) is 20.3 Å². The fourth-order valence-electron chi connectivity index (χ4n) is 2.43. The molecule has 0 aliphatic carbocycles. The molecule has 0 fully saturated rings. The molecule has 0 saturated heterocycles. The zero-order valence-electron chi connectivity index (χ0n) is 12.9. The van der Waals surface area contributed by atoms with Crippen LogP contribution in [0.1, 0.15) is 17.8 Å². The van der Waals surface area contributed by atoms with Crippen LogP contribution in [0.15, 0.2) is 29.6 Å². The molecule has 0 unspecified atom stereocenters. The molecule has 0 amide bonds. The van der Waals surface area contributed by atoms with Crippen molar-refractivity contribution in [3.05, 3.63) is 41.0 Å². The van der Waals surface area contributed by atoms with Gasteiger partial charge >= 0.3 is 0 Å². The molecular formula is C17H20N4S. The van der Waals surface area contributed by atoms with Crippen molar-refractivity contribution in [3.8, 4) is 11.1 Å². The fourth-order valence-corrected chi connectivity index (χ4v) is 3.42. The molecular weight excluding hydrogens is 292 g/mol. The second-order valence-electron chi connectivity index (χ2n) is 5.38. The molecule has 2 heterocycles. The minimum atomic E-state index is 0.675. The number of benzene rings is 1. The summed E-state index contributed by atoms with van der Waals surface area (Å²) in [5.41, 5.74) is 9.23. The number of hydrogen-bond donors (Lipinski definition) is 2. The number of anilines is 1. The maximum Gasteiger partial charge on any atom is 0.139 e. The Labute approximate surface area is 134 Å². The molecule has 114 valence electrons. The number of nitrogens with two attached hydrogens (primary N) is 1. The van der Waals surface area contributed by atoms with Crippen LogP contribution in [0, 0.1) is 13.8 Å². The minimum absolute atomic E-state index is 0.675. The van der Waals surface area contributed by atoms with Crippen molar-refractivity contribution in [1.82, 2.24) is 9.97 Å². The molecule has 3 rings (SSSR count). The predicted octanol–water partition coefficient (Wildman–Crippen LogP) is 3.74. The summed E-state index contributed by atoms with van der Waals surface area (Å²) in [5.74, 6) is 1.70. The Morgan fingerprint density at radius 3 is 2.64 bits per heavy atom. The van der Waals surface area contributed by atoms with E-state index in [-0.39, 0.29) is 0 Å². The van der Waals surface area contributed by atoms with Crippen molar-refractivity contribution >= 4 is 27.4 Å². The van der Waals surface area contributed by atoms with Crippen LogP contribution >= 0.6 is 11.3 Å². The minimum Gasteiger partial charge on any atom is -0.369 e. The number of aromatic nitrogens is 2. The highest BCUT2D eigenvalue weighted by atomic mass is 32.1. The van der Waals surface area contributed by atoms with Crippen LogP contribution in [-0.4, -0.2) is 23.1 Å². The molecule has 0 atom stereocenters. The van der Waals surface area contributed by atoms with Gasteiger partial charge in [-0.2, -0.15) is 0 Å². The Kier molecular flexibility index (Phi) is 4.36. The second kappa shape index (κ2) is 6.42. The maximum absolute atomic E-state index is 5.58. The predicted molar refractivity (Wildman–Crippen MR) is 94.5 cm³/mol. The first-order chi connectivity index (χ1) is 10.7. The lowest BCUT2D eigenvalue weighted by atomic mass is 10.0. The van der Waals surface area contributed by atoms with Crippen LogP contribution in [-0.2, 0) is 0 Å². The van der Waals surface area contributed by atoms with E-state index in [2.05, 4.69) is 51.9 Å². The van der Waals surface area contributed by atoms with Gasteiger partial charge in [0, 0.05) is 17.5 Å². The van der Waals surface area contributed by atoms with Crippen LogP contribution in [0.3, 0.4) is 0 Å². The normalized spacial score (nSPS) is 11.0. The first-order valence-electron chi connectivity index (χ1n) is 7.46. The number of fused-ring (bicyclic) bond motifs is 1. The number of hydrogen-bond acceptors (Lipinski definition) is 5. The summed E-state index contributed by atoms with van der Waals surface area (Å²) in [5, 5.41) is 6.68. The summed E-state index contributed by atoms with van der Waals surface area (Å²) < 4.78 is 0. The number of thiophene rings is 1. The number of nitrogens with one attached hydrogen (secondary N) is 1. The summed E-state index contributed by atoms with van der Waals surface area (Å²) >= 11 is 1.66. The lowest BCUT2D eigenvalue weighted by Gasteiger charge is -2.09. The molecule has 5 heteroatoms. The number of aryl methyl sites for hydroxylation is 2. The highest BCUT2D eigenvalue weighted by molar-refractivity contribution is 7.17. The molecule has 22 heavy (non-hydrogen) atoms. The topological polar surface area (TPSA) is 63.8 Å². The van der Waals surface area contributed by atoms with Gasteiger partial charge in [-0.25, -0.2) is 9.97 Å². The van der Waals surface area contributed by atoms with Gasteiger partial charge in [-0.1, -0.05) is 29.8 Å². The molecule has 0 spiro atoms. The van der Waals surface area contributed by atoms with Crippen LogP contribution in [0.5, 0.6) is 0 Å². The standard InChI is InChI=1S/C17H20N4S/c1-11-4-6-13(7-5-11)14-10-22-17-15(14)16(19-9-3-8-18)20-12(2)21-17/h4-7,10H,3,8-9,18H2,1-2H3,(H,19,20,21). The first kappa shape index (κ1) is 14.9. The van der Waals surface area contributed by atoms with Gasteiger partial charge in [0.2, 0.25) is 0 Å². The maximum atomic E-state index is 5.58. The summed E-state index contributed by atoms with van der Waals surface area (Å²) in [6, 6.07) is 8.57. The largest absolute Gasteiger partial charge is 0.369 e. The lowest BCUT2D eigenvalue weighted by Crippen LogP contribution is -2.10. The molecule has 2 aromatic heterocycles. The summed E-state index contributed by atoms with van der Waals surface area (Å²) in [6.07, 6.45) is 0.925. The molecule has 0 aliphatic heterocycles. The van der Waals surface area contributed by atoms with Crippen LogP contribution < -0.4 is 11.1 Å². The third-order valence-corrected chi connectivity index (χ3v) is 4.45. The van der Waals surface area contributed by atoms with Gasteiger partial charge in [-0.15, -0.1) is 11.3 Å². The van der Waals surface area contributed by atoms with Crippen molar-refractivity contribution in [2.24, 2.45) is 5.73 Å². The van der Waals surface area contributed by atoms with Crippen LogP contribution in [0.25, 0.3) is 21.3 Å². The van der Waals surface area contributed by atoms with Crippen molar-refractivity contribution in [2.75, 3.05) is 18.4 Å². The smallest absolute Gasteiger partial charge is 0.139 e. The molecule has 0 bridgehead atoms. The van der Waals surface area contributed by atoms with Crippen molar-refractivity contribution in [3.63, 3.8) is 0 Å². The number of rotatable bonds is 5. The highest BCUT2D eigenvalue weighted by Crippen LogP contribution is 2.36. The zero-order chi connectivity index (χ0) is 15.5. The van der Waals surface area contributed by atoms with Gasteiger partial charge < -0.3 is 11.1 Å². The Bertz CT molecular complexity index is 777. The van der Waals surface area contributed by atoms with Gasteiger partial charge in [0.15, 0.2) is 0 Å². The molecule has 3 aromatic rings. The zero-order valence-corrected chi connectivity index (χ0v) is 13.7. The van der Waals surface area contributed by atoms with E-state index in [4.69, 9.17) is 5.73 Å². The third-order valence-electron chi connectivity index (χ3n) is 3.58. The SMILES string of the molecule is Cc1ccc(-c2csc3nc(C)nc(NCCCN)c23)cc1. The van der Waals surface area contributed by atoms with Crippen LogP contribution in [0.2, 0.25) is 0 Å². The van der Waals surface area contributed by atoms with E-state index in [0.29, 0.717) is 6.54 Å². The average Bonchev–Trinajstić information content (AvgIpc) is 2.92. The van der Waals surface area contributed by atoms with Gasteiger partial charge in [0.25, 0.3) is 0 Å².